The minimum absolute atomic E-state index is 0.147. The van der Waals surface area contributed by atoms with Crippen LogP contribution in [0.15, 0.2) is 170 Å². The molecule has 2 aromatic heterocycles. The summed E-state index contributed by atoms with van der Waals surface area (Å²) in [5, 5.41) is 7.66. The second-order valence-electron chi connectivity index (χ2n) is 17.3. The first kappa shape index (κ1) is 34.1. The Labute approximate surface area is 338 Å². The van der Waals surface area contributed by atoms with E-state index in [4.69, 9.17) is 0 Å². The number of hydrogen-bond acceptors (Lipinski definition) is 2. The zero-order valence-corrected chi connectivity index (χ0v) is 33.7. The van der Waals surface area contributed by atoms with Crippen LogP contribution in [0.3, 0.4) is 0 Å². The van der Waals surface area contributed by atoms with Crippen molar-refractivity contribution in [1.82, 2.24) is 4.57 Å². The monoisotopic (exact) mass is 752 g/mol. The highest BCUT2D eigenvalue weighted by atomic mass is 32.1. The van der Waals surface area contributed by atoms with Gasteiger partial charge in [-0.25, -0.2) is 0 Å². The summed E-state index contributed by atoms with van der Waals surface area (Å²) < 4.78 is 5.10. The van der Waals surface area contributed by atoms with E-state index in [1.54, 1.807) is 0 Å². The summed E-state index contributed by atoms with van der Waals surface area (Å²) in [6.45, 7) is 9.64. The molecule has 0 unspecified atom stereocenters. The Kier molecular flexibility index (Phi) is 7.59. The molecule has 0 bridgehead atoms. The first-order valence-corrected chi connectivity index (χ1v) is 21.0. The summed E-state index contributed by atoms with van der Waals surface area (Å²) in [6.07, 6.45) is 2.42. The standard InChI is InChI=1S/C54H44N2S/c1-53(2)29-30-54(3,4)48-33-41(25-27-47(48)53)56-49-15-9-7-13-43(49)46-32-38(20-28-50(46)56)36-17-21-39(22-18-36)55(40-23-19-35-11-5-6-12-37(35)31-40)42-24-26-45-44-14-8-10-16-51(44)57-52(45)34-42/h5-28,31-34H,29-30H2,1-4H3. The van der Waals surface area contributed by atoms with Crippen molar-refractivity contribution in [3.05, 3.63) is 181 Å². The number of aromatic nitrogens is 1. The second-order valence-corrected chi connectivity index (χ2v) is 18.4. The molecule has 10 aromatic rings. The fraction of sp³-hybridized carbons (Fsp3) is 0.148. The first-order chi connectivity index (χ1) is 27.7. The molecular weight excluding hydrogens is 709 g/mol. The first-order valence-electron chi connectivity index (χ1n) is 20.2. The van der Waals surface area contributed by atoms with E-state index >= 15 is 0 Å². The van der Waals surface area contributed by atoms with Gasteiger partial charge in [0.25, 0.3) is 0 Å². The molecule has 0 N–H and O–H groups in total. The van der Waals surface area contributed by atoms with Gasteiger partial charge in [-0.3, -0.25) is 0 Å². The Morgan fingerprint density at radius 3 is 1.91 bits per heavy atom. The van der Waals surface area contributed by atoms with Crippen LogP contribution in [0, 0.1) is 0 Å². The molecule has 1 aliphatic carbocycles. The van der Waals surface area contributed by atoms with Crippen molar-refractivity contribution in [1.29, 1.82) is 0 Å². The average Bonchev–Trinajstić information content (AvgIpc) is 3.78. The van der Waals surface area contributed by atoms with E-state index in [9.17, 15) is 0 Å². The fourth-order valence-corrected chi connectivity index (χ4v) is 10.7. The van der Waals surface area contributed by atoms with Crippen LogP contribution in [-0.4, -0.2) is 4.57 Å². The summed E-state index contributed by atoms with van der Waals surface area (Å²) >= 11 is 1.86. The molecule has 0 saturated carbocycles. The van der Waals surface area contributed by atoms with Gasteiger partial charge in [0.1, 0.15) is 0 Å². The number of nitrogens with zero attached hydrogens (tertiary/aromatic N) is 2. The molecule has 0 saturated heterocycles. The topological polar surface area (TPSA) is 8.17 Å². The van der Waals surface area contributed by atoms with Gasteiger partial charge < -0.3 is 9.47 Å². The minimum atomic E-state index is 0.147. The molecule has 2 nitrogen and oxygen atoms in total. The van der Waals surface area contributed by atoms with Gasteiger partial charge in [-0.1, -0.05) is 125 Å². The summed E-state index contributed by atoms with van der Waals surface area (Å²) in [4.78, 5) is 2.40. The highest BCUT2D eigenvalue weighted by Gasteiger charge is 2.37. The third-order valence-corrected chi connectivity index (χ3v) is 14.0. The van der Waals surface area contributed by atoms with Gasteiger partial charge in [0, 0.05) is 53.7 Å². The third-order valence-electron chi connectivity index (χ3n) is 12.8. The molecule has 0 amide bonds. The Hall–Kier alpha value is -6.16. The van der Waals surface area contributed by atoms with Gasteiger partial charge in [-0.2, -0.15) is 0 Å². The molecule has 3 heteroatoms. The highest BCUT2D eigenvalue weighted by Crippen LogP contribution is 2.47. The largest absolute Gasteiger partial charge is 0.310 e. The SMILES string of the molecule is CC1(C)CCC(C)(C)c2cc(-n3c4ccccc4c4cc(-c5ccc(N(c6ccc7ccccc7c6)c6ccc7c(c6)sc6ccccc67)cc5)ccc43)ccc21. The molecule has 2 heterocycles. The van der Waals surface area contributed by atoms with Gasteiger partial charge in [0.2, 0.25) is 0 Å². The summed E-state index contributed by atoms with van der Waals surface area (Å²) in [5.74, 6) is 0. The van der Waals surface area contributed by atoms with E-state index < -0.39 is 0 Å². The number of hydrogen-bond donors (Lipinski definition) is 0. The maximum absolute atomic E-state index is 2.48. The molecule has 1 aliphatic rings. The van der Waals surface area contributed by atoms with Crippen molar-refractivity contribution in [2.45, 2.75) is 51.4 Å². The Balaban J connectivity index is 1.01. The van der Waals surface area contributed by atoms with E-state index in [1.807, 2.05) is 11.3 Å². The van der Waals surface area contributed by atoms with Crippen LogP contribution in [0.5, 0.6) is 0 Å². The number of para-hydroxylation sites is 1. The molecule has 57 heavy (non-hydrogen) atoms. The third kappa shape index (κ3) is 5.51. The molecule has 0 aliphatic heterocycles. The van der Waals surface area contributed by atoms with E-state index in [0.29, 0.717) is 0 Å². The zero-order chi connectivity index (χ0) is 38.5. The zero-order valence-electron chi connectivity index (χ0n) is 32.9. The van der Waals surface area contributed by atoms with Gasteiger partial charge in [-0.15, -0.1) is 11.3 Å². The van der Waals surface area contributed by atoms with E-state index in [1.165, 1.54) is 93.5 Å². The van der Waals surface area contributed by atoms with Crippen LogP contribution in [0.2, 0.25) is 0 Å². The fourth-order valence-electron chi connectivity index (χ4n) is 9.57. The maximum Gasteiger partial charge on any atom is 0.0541 e. The summed E-state index contributed by atoms with van der Waals surface area (Å²) in [5.41, 5.74) is 12.9. The highest BCUT2D eigenvalue weighted by molar-refractivity contribution is 7.25. The molecular formula is C54H44N2S. The van der Waals surface area contributed by atoms with Gasteiger partial charge in [0.15, 0.2) is 0 Å². The van der Waals surface area contributed by atoms with Crippen LogP contribution in [-0.2, 0) is 10.8 Å². The molecule has 0 fully saturated rings. The number of anilines is 3. The van der Waals surface area contributed by atoms with Gasteiger partial charge in [-0.05, 0) is 129 Å². The molecule has 276 valence electrons. The van der Waals surface area contributed by atoms with Crippen molar-refractivity contribution in [3.8, 4) is 16.8 Å². The lowest BCUT2D eigenvalue weighted by Crippen LogP contribution is -2.33. The lowest BCUT2D eigenvalue weighted by atomic mass is 9.63. The molecule has 0 atom stereocenters. The Bertz CT molecular complexity index is 3190. The molecule has 0 radical (unpaired) electrons. The predicted molar refractivity (Wildman–Crippen MR) is 247 cm³/mol. The summed E-state index contributed by atoms with van der Waals surface area (Å²) in [6, 6.07) is 63.4. The smallest absolute Gasteiger partial charge is 0.0541 e. The average molecular weight is 753 g/mol. The number of benzene rings is 8. The van der Waals surface area contributed by atoms with Gasteiger partial charge >= 0.3 is 0 Å². The maximum atomic E-state index is 2.48. The summed E-state index contributed by atoms with van der Waals surface area (Å²) in [7, 11) is 0. The second kappa shape index (κ2) is 12.7. The van der Waals surface area contributed by atoms with Crippen molar-refractivity contribution < 1.29 is 0 Å². The van der Waals surface area contributed by atoms with E-state index in [2.05, 4.69) is 207 Å². The minimum Gasteiger partial charge on any atom is -0.310 e. The van der Waals surface area contributed by atoms with Crippen LogP contribution in [0.4, 0.5) is 17.1 Å². The molecule has 11 rings (SSSR count). The normalized spacial score (nSPS) is 14.8. The van der Waals surface area contributed by atoms with Crippen molar-refractivity contribution >= 4 is 81.1 Å². The van der Waals surface area contributed by atoms with E-state index in [0.717, 1.165) is 17.1 Å². The van der Waals surface area contributed by atoms with Crippen LogP contribution in [0.25, 0.3) is 69.6 Å². The lowest BCUT2D eigenvalue weighted by molar-refractivity contribution is 0.332. The Morgan fingerprint density at radius 1 is 0.439 bits per heavy atom. The van der Waals surface area contributed by atoms with Crippen molar-refractivity contribution in [2.75, 3.05) is 4.90 Å². The number of fused-ring (bicyclic) bond motifs is 8. The predicted octanol–water partition coefficient (Wildman–Crippen LogP) is 15.8. The quantitative estimate of drug-likeness (QED) is 0.170. The van der Waals surface area contributed by atoms with Crippen molar-refractivity contribution in [3.63, 3.8) is 0 Å². The number of rotatable bonds is 5. The van der Waals surface area contributed by atoms with Crippen LogP contribution in [0.1, 0.15) is 51.7 Å². The molecule has 8 aromatic carbocycles. The van der Waals surface area contributed by atoms with Crippen LogP contribution < -0.4 is 4.90 Å². The lowest BCUT2D eigenvalue weighted by Gasteiger charge is -2.42. The number of thiophene rings is 1. The van der Waals surface area contributed by atoms with Gasteiger partial charge in [0.05, 0.1) is 11.0 Å². The van der Waals surface area contributed by atoms with E-state index in [-0.39, 0.29) is 10.8 Å². The van der Waals surface area contributed by atoms with Crippen LogP contribution >= 0.6 is 11.3 Å². The Morgan fingerprint density at radius 2 is 1.07 bits per heavy atom. The van der Waals surface area contributed by atoms with Crippen molar-refractivity contribution in [2.24, 2.45) is 0 Å². The molecule has 0 spiro atoms.